The van der Waals surface area contributed by atoms with E-state index >= 15 is 0 Å². The van der Waals surface area contributed by atoms with Crippen LogP contribution in [0.2, 0.25) is 0 Å². The smallest absolute Gasteiger partial charge is 0.119 e. The van der Waals surface area contributed by atoms with E-state index in [0.29, 0.717) is 6.10 Å². The van der Waals surface area contributed by atoms with Crippen molar-refractivity contribution in [3.05, 3.63) is 29.8 Å². The Bertz CT molecular complexity index is 331. The zero-order chi connectivity index (χ0) is 12.1. The molecule has 1 heterocycles. The third-order valence-electron chi connectivity index (χ3n) is 2.95. The summed E-state index contributed by atoms with van der Waals surface area (Å²) in [7, 11) is 0. The summed E-state index contributed by atoms with van der Waals surface area (Å²) in [6, 6.07) is 8.60. The molecule has 1 aliphatic heterocycles. The molecule has 1 atom stereocenters. The zero-order valence-corrected chi connectivity index (χ0v) is 11.2. The van der Waals surface area contributed by atoms with E-state index in [-0.39, 0.29) is 6.04 Å². The molecule has 1 aliphatic rings. The molecule has 94 valence electrons. The first-order valence-corrected chi connectivity index (χ1v) is 7.48. The van der Waals surface area contributed by atoms with Crippen LogP contribution in [0.5, 0.6) is 5.75 Å². The Morgan fingerprint density at radius 3 is 2.53 bits per heavy atom. The van der Waals surface area contributed by atoms with Crippen LogP contribution in [0.25, 0.3) is 0 Å². The summed E-state index contributed by atoms with van der Waals surface area (Å²) < 4.78 is 5.97. The molecule has 1 aromatic rings. The number of hydrogen-bond acceptors (Lipinski definition) is 3. The van der Waals surface area contributed by atoms with Gasteiger partial charge in [0.05, 0.1) is 0 Å². The number of nitrogens with two attached hydrogens (primary N) is 1. The highest BCUT2D eigenvalue weighted by atomic mass is 32.2. The predicted molar refractivity (Wildman–Crippen MR) is 74.8 cm³/mol. The summed E-state index contributed by atoms with van der Waals surface area (Å²) in [4.78, 5) is 0. The Morgan fingerprint density at radius 2 is 1.94 bits per heavy atom. The summed E-state index contributed by atoms with van der Waals surface area (Å²) in [5, 5.41) is 0. The van der Waals surface area contributed by atoms with Crippen LogP contribution >= 0.6 is 11.8 Å². The summed E-state index contributed by atoms with van der Waals surface area (Å²) in [6.45, 7) is 2.03. The lowest BCUT2D eigenvalue weighted by Crippen LogP contribution is -2.22. The SMILES string of the molecule is CC(N)Cc1ccc(OC2CCSCC2)cc1. The molecule has 2 rings (SSSR count). The van der Waals surface area contributed by atoms with Gasteiger partial charge < -0.3 is 10.5 Å². The van der Waals surface area contributed by atoms with Crippen LogP contribution in [0.4, 0.5) is 0 Å². The first-order chi connectivity index (χ1) is 8.24. The van der Waals surface area contributed by atoms with E-state index in [9.17, 15) is 0 Å². The molecule has 0 bridgehead atoms. The quantitative estimate of drug-likeness (QED) is 0.893. The van der Waals surface area contributed by atoms with Crippen LogP contribution in [0, 0.1) is 0 Å². The van der Waals surface area contributed by atoms with E-state index in [2.05, 4.69) is 24.3 Å². The van der Waals surface area contributed by atoms with E-state index in [4.69, 9.17) is 10.5 Å². The van der Waals surface area contributed by atoms with Gasteiger partial charge in [-0.15, -0.1) is 0 Å². The minimum atomic E-state index is 0.220. The monoisotopic (exact) mass is 251 g/mol. The molecule has 0 saturated carbocycles. The molecule has 0 aliphatic carbocycles. The van der Waals surface area contributed by atoms with E-state index in [1.807, 2.05) is 18.7 Å². The maximum Gasteiger partial charge on any atom is 0.119 e. The Labute approximate surface area is 108 Å². The second-order valence-electron chi connectivity index (χ2n) is 4.75. The van der Waals surface area contributed by atoms with Crippen LogP contribution in [0.3, 0.4) is 0 Å². The highest BCUT2D eigenvalue weighted by molar-refractivity contribution is 7.99. The average Bonchev–Trinajstić information content (AvgIpc) is 2.32. The van der Waals surface area contributed by atoms with E-state index in [1.54, 1.807) is 0 Å². The first-order valence-electron chi connectivity index (χ1n) is 6.33. The maximum absolute atomic E-state index is 5.97. The lowest BCUT2D eigenvalue weighted by atomic mass is 10.1. The lowest BCUT2D eigenvalue weighted by Gasteiger charge is -2.22. The van der Waals surface area contributed by atoms with Gasteiger partial charge in [-0.3, -0.25) is 0 Å². The second kappa shape index (κ2) is 6.31. The number of rotatable bonds is 4. The summed E-state index contributed by atoms with van der Waals surface area (Å²) in [5.41, 5.74) is 7.06. The van der Waals surface area contributed by atoms with Gasteiger partial charge in [-0.1, -0.05) is 12.1 Å². The molecule has 0 spiro atoms. The van der Waals surface area contributed by atoms with Crippen molar-refractivity contribution in [1.29, 1.82) is 0 Å². The fourth-order valence-electron chi connectivity index (χ4n) is 2.06. The minimum absolute atomic E-state index is 0.220. The first kappa shape index (κ1) is 12.8. The molecule has 0 radical (unpaired) electrons. The van der Waals surface area contributed by atoms with Gasteiger partial charge in [-0.25, -0.2) is 0 Å². The average molecular weight is 251 g/mol. The van der Waals surface area contributed by atoms with Gasteiger partial charge in [0.2, 0.25) is 0 Å². The summed E-state index contributed by atoms with van der Waals surface area (Å²) in [5.74, 6) is 3.45. The highest BCUT2D eigenvalue weighted by Crippen LogP contribution is 2.23. The van der Waals surface area contributed by atoms with Crippen molar-refractivity contribution >= 4 is 11.8 Å². The van der Waals surface area contributed by atoms with Crippen molar-refractivity contribution in [2.24, 2.45) is 5.73 Å². The Morgan fingerprint density at radius 1 is 1.29 bits per heavy atom. The van der Waals surface area contributed by atoms with E-state index in [1.165, 1.54) is 29.9 Å². The van der Waals surface area contributed by atoms with E-state index < -0.39 is 0 Å². The van der Waals surface area contributed by atoms with Crippen molar-refractivity contribution in [3.63, 3.8) is 0 Å². The standard InChI is InChI=1S/C14H21NOS/c1-11(15)10-12-2-4-13(5-3-12)16-14-6-8-17-9-7-14/h2-5,11,14H,6-10,15H2,1H3. The number of ether oxygens (including phenoxy) is 1. The fourth-order valence-corrected chi connectivity index (χ4v) is 3.13. The van der Waals surface area contributed by atoms with Crippen molar-refractivity contribution in [1.82, 2.24) is 0 Å². The largest absolute Gasteiger partial charge is 0.490 e. The van der Waals surface area contributed by atoms with Crippen LogP contribution in [0.1, 0.15) is 25.3 Å². The molecule has 1 fully saturated rings. The molecule has 3 heteroatoms. The molecule has 0 amide bonds. The molecule has 1 unspecified atom stereocenters. The number of hydrogen-bond donors (Lipinski definition) is 1. The Hall–Kier alpha value is -0.670. The fraction of sp³-hybridized carbons (Fsp3) is 0.571. The van der Waals surface area contributed by atoms with Crippen LogP contribution < -0.4 is 10.5 Å². The van der Waals surface area contributed by atoms with Gasteiger partial charge >= 0.3 is 0 Å². The van der Waals surface area contributed by atoms with Gasteiger partial charge in [0, 0.05) is 6.04 Å². The molecule has 2 N–H and O–H groups in total. The highest BCUT2D eigenvalue weighted by Gasteiger charge is 2.14. The molecule has 2 nitrogen and oxygen atoms in total. The second-order valence-corrected chi connectivity index (χ2v) is 5.98. The third-order valence-corrected chi connectivity index (χ3v) is 4.00. The maximum atomic E-state index is 5.97. The van der Waals surface area contributed by atoms with Gasteiger partial charge in [-0.05, 0) is 55.4 Å². The van der Waals surface area contributed by atoms with E-state index in [0.717, 1.165) is 12.2 Å². The predicted octanol–water partition coefficient (Wildman–Crippen LogP) is 2.85. The van der Waals surface area contributed by atoms with Crippen molar-refractivity contribution < 1.29 is 4.74 Å². The Kier molecular flexibility index (Phi) is 4.75. The molecule has 1 saturated heterocycles. The van der Waals surface area contributed by atoms with Gasteiger partial charge in [0.25, 0.3) is 0 Å². The molecule has 0 aromatic heterocycles. The topological polar surface area (TPSA) is 35.2 Å². The molecular formula is C14H21NOS. The lowest BCUT2D eigenvalue weighted by molar-refractivity contribution is 0.192. The van der Waals surface area contributed by atoms with Gasteiger partial charge in [0.1, 0.15) is 11.9 Å². The van der Waals surface area contributed by atoms with Crippen molar-refractivity contribution in [3.8, 4) is 5.75 Å². The van der Waals surface area contributed by atoms with Crippen LogP contribution in [-0.2, 0) is 6.42 Å². The van der Waals surface area contributed by atoms with Crippen molar-refractivity contribution in [2.45, 2.75) is 38.3 Å². The van der Waals surface area contributed by atoms with Crippen molar-refractivity contribution in [2.75, 3.05) is 11.5 Å². The van der Waals surface area contributed by atoms with Crippen LogP contribution in [-0.4, -0.2) is 23.7 Å². The molecule has 17 heavy (non-hydrogen) atoms. The number of benzene rings is 1. The molecule has 1 aromatic carbocycles. The van der Waals surface area contributed by atoms with Gasteiger partial charge in [0.15, 0.2) is 0 Å². The van der Waals surface area contributed by atoms with Crippen LogP contribution in [0.15, 0.2) is 24.3 Å². The van der Waals surface area contributed by atoms with Gasteiger partial charge in [-0.2, -0.15) is 11.8 Å². The Balaban J connectivity index is 1.88. The zero-order valence-electron chi connectivity index (χ0n) is 10.4. The summed E-state index contributed by atoms with van der Waals surface area (Å²) in [6.07, 6.45) is 3.69. The third kappa shape index (κ3) is 4.25. The minimum Gasteiger partial charge on any atom is -0.490 e. The summed E-state index contributed by atoms with van der Waals surface area (Å²) >= 11 is 2.02. The normalized spacial score (nSPS) is 18.9. The molecular weight excluding hydrogens is 230 g/mol. The number of thioether (sulfide) groups is 1.